The summed E-state index contributed by atoms with van der Waals surface area (Å²) in [6.45, 7) is 4.61. The van der Waals surface area contributed by atoms with Gasteiger partial charge in [-0.25, -0.2) is 0 Å². The average molecular weight is 306 g/mol. The predicted octanol–water partition coefficient (Wildman–Crippen LogP) is 4.10. The lowest BCUT2D eigenvalue weighted by atomic mass is 9.96. The Morgan fingerprint density at radius 2 is 1.52 bits per heavy atom. The van der Waals surface area contributed by atoms with Gasteiger partial charge in [0.05, 0.1) is 0 Å². The molecule has 1 heterocycles. The zero-order chi connectivity index (χ0) is 15.5. The molecule has 0 amide bonds. The molecule has 120 valence electrons. The Morgan fingerprint density at radius 1 is 0.870 bits per heavy atom. The molecular formula is C21H26N2. The molecule has 1 saturated carbocycles. The van der Waals surface area contributed by atoms with Gasteiger partial charge in [-0.15, -0.1) is 0 Å². The van der Waals surface area contributed by atoms with E-state index >= 15 is 0 Å². The smallest absolute Gasteiger partial charge is 0.0351 e. The van der Waals surface area contributed by atoms with E-state index in [9.17, 15) is 0 Å². The van der Waals surface area contributed by atoms with Crippen molar-refractivity contribution in [2.75, 3.05) is 26.2 Å². The Labute approximate surface area is 139 Å². The van der Waals surface area contributed by atoms with Crippen molar-refractivity contribution in [1.82, 2.24) is 10.2 Å². The van der Waals surface area contributed by atoms with Crippen LogP contribution < -0.4 is 5.32 Å². The molecule has 0 unspecified atom stereocenters. The van der Waals surface area contributed by atoms with Crippen molar-refractivity contribution < 1.29 is 0 Å². The Morgan fingerprint density at radius 3 is 2.17 bits per heavy atom. The lowest BCUT2D eigenvalue weighted by Crippen LogP contribution is -2.45. The molecule has 23 heavy (non-hydrogen) atoms. The summed E-state index contributed by atoms with van der Waals surface area (Å²) in [4.78, 5) is 2.69. The molecule has 0 spiro atoms. The van der Waals surface area contributed by atoms with Crippen molar-refractivity contribution in [3.8, 4) is 11.1 Å². The first-order valence-electron chi connectivity index (χ1n) is 9.00. The summed E-state index contributed by atoms with van der Waals surface area (Å²) in [6, 6.07) is 20.6. The monoisotopic (exact) mass is 306 g/mol. The Bertz CT molecular complexity index is 610. The summed E-state index contributed by atoms with van der Waals surface area (Å²) in [5.41, 5.74) is 4.12. The van der Waals surface area contributed by atoms with Gasteiger partial charge in [0.2, 0.25) is 0 Å². The van der Waals surface area contributed by atoms with Crippen LogP contribution in [0.2, 0.25) is 0 Å². The highest BCUT2D eigenvalue weighted by Gasteiger charge is 2.30. The largest absolute Gasteiger partial charge is 0.314 e. The van der Waals surface area contributed by atoms with Crippen molar-refractivity contribution >= 4 is 0 Å². The Kier molecular flexibility index (Phi) is 4.45. The fourth-order valence-corrected chi connectivity index (χ4v) is 3.69. The molecule has 1 aliphatic heterocycles. The third-order valence-electron chi connectivity index (χ3n) is 5.25. The highest BCUT2D eigenvalue weighted by Crippen LogP contribution is 2.40. The summed E-state index contributed by atoms with van der Waals surface area (Å²) in [5, 5.41) is 3.48. The molecule has 2 heteroatoms. The van der Waals surface area contributed by atoms with Crippen LogP contribution in [0.4, 0.5) is 0 Å². The zero-order valence-corrected chi connectivity index (χ0v) is 13.7. The second-order valence-electron chi connectivity index (χ2n) is 6.97. The van der Waals surface area contributed by atoms with E-state index in [-0.39, 0.29) is 0 Å². The van der Waals surface area contributed by atoms with Gasteiger partial charge in [0.25, 0.3) is 0 Å². The Balaban J connectivity index is 1.55. The van der Waals surface area contributed by atoms with Crippen LogP contribution in [0.15, 0.2) is 54.6 Å². The van der Waals surface area contributed by atoms with Crippen LogP contribution in [0.5, 0.6) is 0 Å². The van der Waals surface area contributed by atoms with Crippen molar-refractivity contribution in [1.29, 1.82) is 0 Å². The topological polar surface area (TPSA) is 15.3 Å². The van der Waals surface area contributed by atoms with Crippen LogP contribution in [-0.2, 0) is 0 Å². The molecule has 0 aromatic heterocycles. The highest BCUT2D eigenvalue weighted by molar-refractivity contribution is 5.63. The van der Waals surface area contributed by atoms with E-state index in [1.807, 2.05) is 0 Å². The maximum atomic E-state index is 3.48. The van der Waals surface area contributed by atoms with Gasteiger partial charge in [-0.3, -0.25) is 4.90 Å². The van der Waals surface area contributed by atoms with E-state index in [2.05, 4.69) is 64.8 Å². The molecule has 2 fully saturated rings. The van der Waals surface area contributed by atoms with E-state index in [0.29, 0.717) is 6.04 Å². The average Bonchev–Trinajstić information content (AvgIpc) is 3.46. The van der Waals surface area contributed by atoms with E-state index in [0.717, 1.165) is 19.0 Å². The molecule has 1 aliphatic carbocycles. The van der Waals surface area contributed by atoms with Gasteiger partial charge in [0, 0.05) is 32.2 Å². The number of hydrogen-bond acceptors (Lipinski definition) is 2. The van der Waals surface area contributed by atoms with Crippen molar-refractivity contribution in [2.24, 2.45) is 5.92 Å². The second kappa shape index (κ2) is 6.86. The summed E-state index contributed by atoms with van der Waals surface area (Å²) in [7, 11) is 0. The van der Waals surface area contributed by atoms with Crippen molar-refractivity contribution in [2.45, 2.75) is 25.3 Å². The molecule has 1 N–H and O–H groups in total. The molecule has 2 aliphatic rings. The number of rotatable bonds is 5. The molecule has 2 nitrogen and oxygen atoms in total. The number of benzene rings is 2. The van der Waals surface area contributed by atoms with Gasteiger partial charge in [-0.1, -0.05) is 67.4 Å². The van der Waals surface area contributed by atoms with Crippen molar-refractivity contribution in [3.05, 3.63) is 60.2 Å². The van der Waals surface area contributed by atoms with Gasteiger partial charge in [0.15, 0.2) is 0 Å². The molecule has 0 bridgehead atoms. The number of nitrogens with zero attached hydrogens (tertiary/aromatic N) is 1. The predicted molar refractivity (Wildman–Crippen MR) is 96.4 cm³/mol. The molecule has 4 rings (SSSR count). The van der Waals surface area contributed by atoms with E-state index in [1.165, 1.54) is 49.0 Å². The molecule has 1 saturated heterocycles. The van der Waals surface area contributed by atoms with E-state index < -0.39 is 0 Å². The highest BCUT2D eigenvalue weighted by atomic mass is 15.2. The lowest BCUT2D eigenvalue weighted by molar-refractivity contribution is 0.160. The minimum atomic E-state index is 0.606. The quantitative estimate of drug-likeness (QED) is 0.894. The standard InChI is InChI=1S/C21H26N2/c1-2-4-18(5-3-1)19-8-10-20(11-9-19)21(16-17-6-7-17)23-14-12-22-13-15-23/h1-5,8-11,17,21-22H,6-7,12-16H2/t21-/m1/s1. The first kappa shape index (κ1) is 14.9. The third-order valence-corrected chi connectivity index (χ3v) is 5.25. The summed E-state index contributed by atoms with van der Waals surface area (Å²) in [6.07, 6.45) is 4.21. The van der Waals surface area contributed by atoms with Crippen LogP contribution in [-0.4, -0.2) is 31.1 Å². The van der Waals surface area contributed by atoms with E-state index in [1.54, 1.807) is 0 Å². The van der Waals surface area contributed by atoms with Gasteiger partial charge in [0.1, 0.15) is 0 Å². The Hall–Kier alpha value is -1.64. The normalized spacial score (nSPS) is 20.3. The molecule has 2 aromatic carbocycles. The summed E-state index contributed by atoms with van der Waals surface area (Å²) in [5.74, 6) is 0.962. The molecule has 0 radical (unpaired) electrons. The van der Waals surface area contributed by atoms with Crippen LogP contribution in [0.1, 0.15) is 30.9 Å². The van der Waals surface area contributed by atoms with Gasteiger partial charge >= 0.3 is 0 Å². The van der Waals surface area contributed by atoms with Gasteiger partial charge in [-0.2, -0.15) is 0 Å². The van der Waals surface area contributed by atoms with Crippen LogP contribution in [0.3, 0.4) is 0 Å². The molecule has 2 aromatic rings. The number of hydrogen-bond donors (Lipinski definition) is 1. The fourth-order valence-electron chi connectivity index (χ4n) is 3.69. The van der Waals surface area contributed by atoms with Crippen LogP contribution >= 0.6 is 0 Å². The van der Waals surface area contributed by atoms with Gasteiger partial charge < -0.3 is 5.32 Å². The first-order chi connectivity index (χ1) is 11.4. The first-order valence-corrected chi connectivity index (χ1v) is 9.00. The fraction of sp³-hybridized carbons (Fsp3) is 0.429. The molecular weight excluding hydrogens is 280 g/mol. The maximum absolute atomic E-state index is 3.48. The van der Waals surface area contributed by atoms with Crippen LogP contribution in [0.25, 0.3) is 11.1 Å². The SMILES string of the molecule is c1ccc(-c2ccc([C@@H](CC3CC3)N3CCNCC3)cc2)cc1. The minimum Gasteiger partial charge on any atom is -0.314 e. The molecule has 1 atom stereocenters. The number of piperazine rings is 1. The third kappa shape index (κ3) is 3.65. The van der Waals surface area contributed by atoms with Gasteiger partial charge in [-0.05, 0) is 29.0 Å². The second-order valence-corrected chi connectivity index (χ2v) is 6.97. The summed E-state index contributed by atoms with van der Waals surface area (Å²) < 4.78 is 0. The zero-order valence-electron chi connectivity index (χ0n) is 13.7. The van der Waals surface area contributed by atoms with E-state index in [4.69, 9.17) is 0 Å². The van der Waals surface area contributed by atoms with Crippen molar-refractivity contribution in [3.63, 3.8) is 0 Å². The van der Waals surface area contributed by atoms with Crippen LogP contribution in [0, 0.1) is 5.92 Å². The maximum Gasteiger partial charge on any atom is 0.0351 e. The lowest BCUT2D eigenvalue weighted by Gasteiger charge is -2.35. The minimum absolute atomic E-state index is 0.606. The number of nitrogens with one attached hydrogen (secondary N) is 1. The summed E-state index contributed by atoms with van der Waals surface area (Å²) >= 11 is 0.